The molecular formula is C20H16ClNO5S. The van der Waals surface area contributed by atoms with Gasteiger partial charge in [-0.15, -0.1) is 0 Å². The third-order valence-electron chi connectivity index (χ3n) is 3.78. The van der Waals surface area contributed by atoms with Crippen LogP contribution in [0.5, 0.6) is 11.5 Å². The van der Waals surface area contributed by atoms with Crippen LogP contribution in [-0.4, -0.2) is 21.4 Å². The first-order chi connectivity index (χ1) is 13.4. The summed E-state index contributed by atoms with van der Waals surface area (Å²) in [6, 6.07) is 18.8. The van der Waals surface area contributed by atoms with Crippen molar-refractivity contribution in [2.24, 2.45) is 0 Å². The van der Waals surface area contributed by atoms with Crippen LogP contribution in [-0.2, 0) is 10.1 Å². The topological polar surface area (TPSA) is 81.7 Å². The minimum atomic E-state index is -4.07. The zero-order valence-corrected chi connectivity index (χ0v) is 16.3. The van der Waals surface area contributed by atoms with Crippen molar-refractivity contribution < 1.29 is 22.1 Å². The molecule has 0 fully saturated rings. The van der Waals surface area contributed by atoms with Crippen LogP contribution < -0.4 is 14.2 Å². The number of benzene rings is 3. The van der Waals surface area contributed by atoms with Gasteiger partial charge in [0.1, 0.15) is 16.4 Å². The Morgan fingerprint density at radius 3 is 2.25 bits per heavy atom. The molecule has 1 N–H and O–H groups in total. The highest BCUT2D eigenvalue weighted by molar-refractivity contribution is 7.87. The van der Waals surface area contributed by atoms with E-state index < -0.39 is 10.1 Å². The van der Waals surface area contributed by atoms with Crippen LogP contribution in [0.3, 0.4) is 0 Å². The smallest absolute Gasteiger partial charge is 0.340 e. The first-order valence-corrected chi connectivity index (χ1v) is 9.93. The standard InChI is InChI=1S/C20H16ClNO5S/c1-26-18-8-4-2-6-16(18)20(23)22-14-10-12-15(13-11-14)27-28(24,25)19-9-5-3-7-17(19)21/h2-13H,1H3,(H,22,23). The predicted octanol–water partition coefficient (Wildman–Crippen LogP) is 4.37. The van der Waals surface area contributed by atoms with E-state index in [4.69, 9.17) is 20.5 Å². The fourth-order valence-corrected chi connectivity index (χ4v) is 3.87. The maximum absolute atomic E-state index is 12.4. The second-order valence-electron chi connectivity index (χ2n) is 5.65. The summed E-state index contributed by atoms with van der Waals surface area (Å²) in [6.07, 6.45) is 0. The molecule has 0 saturated carbocycles. The van der Waals surface area contributed by atoms with Crippen molar-refractivity contribution in [2.45, 2.75) is 4.90 Å². The molecule has 8 heteroatoms. The van der Waals surface area contributed by atoms with Gasteiger partial charge in [-0.1, -0.05) is 35.9 Å². The van der Waals surface area contributed by atoms with Crippen molar-refractivity contribution in [3.63, 3.8) is 0 Å². The Bertz CT molecular complexity index is 1100. The van der Waals surface area contributed by atoms with Gasteiger partial charge in [0.2, 0.25) is 0 Å². The van der Waals surface area contributed by atoms with Crippen LogP contribution in [0, 0.1) is 0 Å². The summed E-state index contributed by atoms with van der Waals surface area (Å²) in [4.78, 5) is 12.3. The van der Waals surface area contributed by atoms with Gasteiger partial charge in [0.25, 0.3) is 5.91 Å². The summed E-state index contributed by atoms with van der Waals surface area (Å²) in [5, 5.41) is 2.79. The second kappa shape index (κ2) is 8.33. The summed E-state index contributed by atoms with van der Waals surface area (Å²) in [5.74, 6) is 0.191. The predicted molar refractivity (Wildman–Crippen MR) is 107 cm³/mol. The number of anilines is 1. The maximum atomic E-state index is 12.4. The van der Waals surface area contributed by atoms with Crippen molar-refractivity contribution in [3.05, 3.63) is 83.4 Å². The highest BCUT2D eigenvalue weighted by Crippen LogP contribution is 2.26. The van der Waals surface area contributed by atoms with Crippen LogP contribution in [0.4, 0.5) is 5.69 Å². The molecule has 0 heterocycles. The van der Waals surface area contributed by atoms with Crippen LogP contribution in [0.25, 0.3) is 0 Å². The van der Waals surface area contributed by atoms with E-state index in [0.29, 0.717) is 17.0 Å². The fourth-order valence-electron chi connectivity index (χ4n) is 2.44. The highest BCUT2D eigenvalue weighted by atomic mass is 35.5. The zero-order chi connectivity index (χ0) is 20.1. The monoisotopic (exact) mass is 417 g/mol. The minimum Gasteiger partial charge on any atom is -0.496 e. The van der Waals surface area contributed by atoms with Gasteiger partial charge in [-0.25, -0.2) is 0 Å². The Kier molecular flexibility index (Phi) is 5.87. The van der Waals surface area contributed by atoms with Crippen LogP contribution in [0.1, 0.15) is 10.4 Å². The van der Waals surface area contributed by atoms with Crippen LogP contribution >= 0.6 is 11.6 Å². The average molecular weight is 418 g/mol. The Morgan fingerprint density at radius 1 is 0.929 bits per heavy atom. The van der Waals surface area contributed by atoms with Crippen molar-refractivity contribution >= 4 is 33.3 Å². The van der Waals surface area contributed by atoms with Crippen molar-refractivity contribution in [1.82, 2.24) is 0 Å². The number of halogens is 1. The summed E-state index contributed by atoms with van der Waals surface area (Å²) in [7, 11) is -2.58. The lowest BCUT2D eigenvalue weighted by atomic mass is 10.2. The Labute approximate surface area is 167 Å². The molecule has 0 saturated heterocycles. The lowest BCUT2D eigenvalue weighted by molar-refractivity contribution is 0.102. The lowest BCUT2D eigenvalue weighted by Gasteiger charge is -2.11. The molecule has 0 aliphatic heterocycles. The second-order valence-corrected chi connectivity index (χ2v) is 7.57. The van der Waals surface area contributed by atoms with Crippen molar-refractivity contribution in [2.75, 3.05) is 12.4 Å². The van der Waals surface area contributed by atoms with Gasteiger partial charge < -0.3 is 14.2 Å². The van der Waals surface area contributed by atoms with E-state index in [1.165, 1.54) is 43.5 Å². The van der Waals surface area contributed by atoms with Crippen LogP contribution in [0.2, 0.25) is 5.02 Å². The van der Waals surface area contributed by atoms with E-state index >= 15 is 0 Å². The molecule has 0 aromatic heterocycles. The molecule has 6 nitrogen and oxygen atoms in total. The van der Waals surface area contributed by atoms with Gasteiger partial charge in [-0.05, 0) is 48.5 Å². The number of hydrogen-bond donors (Lipinski definition) is 1. The third-order valence-corrected chi connectivity index (χ3v) is 5.52. The normalized spacial score (nSPS) is 10.9. The average Bonchev–Trinajstić information content (AvgIpc) is 2.69. The van der Waals surface area contributed by atoms with E-state index in [-0.39, 0.29) is 21.6 Å². The van der Waals surface area contributed by atoms with Gasteiger partial charge in [0.15, 0.2) is 0 Å². The summed E-state index contributed by atoms with van der Waals surface area (Å²) >= 11 is 5.92. The molecule has 28 heavy (non-hydrogen) atoms. The number of carbonyl (C=O) groups is 1. The quantitative estimate of drug-likeness (QED) is 0.602. The molecular weight excluding hydrogens is 402 g/mol. The van der Waals surface area contributed by atoms with Crippen molar-refractivity contribution in [1.29, 1.82) is 0 Å². The number of methoxy groups -OCH3 is 1. The van der Waals surface area contributed by atoms with Crippen LogP contribution in [0.15, 0.2) is 77.7 Å². The number of nitrogens with one attached hydrogen (secondary N) is 1. The van der Waals surface area contributed by atoms with E-state index in [2.05, 4.69) is 5.32 Å². The zero-order valence-electron chi connectivity index (χ0n) is 14.8. The van der Waals surface area contributed by atoms with E-state index in [0.717, 1.165) is 0 Å². The molecule has 0 aliphatic carbocycles. The number of hydrogen-bond acceptors (Lipinski definition) is 5. The van der Waals surface area contributed by atoms with Gasteiger partial charge in [0.05, 0.1) is 17.7 Å². The highest BCUT2D eigenvalue weighted by Gasteiger charge is 2.20. The molecule has 0 unspecified atom stereocenters. The molecule has 3 aromatic rings. The Balaban J connectivity index is 1.73. The van der Waals surface area contributed by atoms with E-state index in [1.807, 2.05) is 0 Å². The molecule has 0 spiro atoms. The largest absolute Gasteiger partial charge is 0.496 e. The molecule has 0 atom stereocenters. The fraction of sp³-hybridized carbons (Fsp3) is 0.0500. The third kappa shape index (κ3) is 4.44. The van der Waals surface area contributed by atoms with Gasteiger partial charge in [0, 0.05) is 5.69 Å². The van der Waals surface area contributed by atoms with E-state index in [1.54, 1.807) is 36.4 Å². The molecule has 3 rings (SSSR count). The van der Waals surface area contributed by atoms with Gasteiger partial charge >= 0.3 is 10.1 Å². The van der Waals surface area contributed by atoms with Crippen molar-refractivity contribution in [3.8, 4) is 11.5 Å². The number of para-hydroxylation sites is 1. The van der Waals surface area contributed by atoms with Gasteiger partial charge in [-0.2, -0.15) is 8.42 Å². The van der Waals surface area contributed by atoms with E-state index in [9.17, 15) is 13.2 Å². The number of rotatable bonds is 6. The summed E-state index contributed by atoms with van der Waals surface area (Å²) < 4.78 is 35.0. The lowest BCUT2D eigenvalue weighted by Crippen LogP contribution is -2.13. The number of amides is 1. The molecule has 0 radical (unpaired) electrons. The molecule has 3 aromatic carbocycles. The molecule has 0 bridgehead atoms. The first-order valence-electron chi connectivity index (χ1n) is 8.14. The first kappa shape index (κ1) is 19.7. The molecule has 1 amide bonds. The SMILES string of the molecule is COc1ccccc1C(=O)Nc1ccc(OS(=O)(=O)c2ccccc2Cl)cc1. The Morgan fingerprint density at radius 2 is 1.57 bits per heavy atom. The number of carbonyl (C=O) groups excluding carboxylic acids is 1. The maximum Gasteiger partial charge on any atom is 0.340 e. The van der Waals surface area contributed by atoms with Gasteiger partial charge in [-0.3, -0.25) is 4.79 Å². The minimum absolute atomic E-state index is 0.0724. The molecule has 144 valence electrons. The summed E-state index contributed by atoms with van der Waals surface area (Å²) in [6.45, 7) is 0. The number of ether oxygens (including phenoxy) is 1. The molecule has 0 aliphatic rings. The Hall–Kier alpha value is -3.03. The summed E-state index contributed by atoms with van der Waals surface area (Å²) in [5.41, 5.74) is 0.852.